The van der Waals surface area contributed by atoms with Crippen LogP contribution in [0.1, 0.15) is 60.5 Å². The topological polar surface area (TPSA) is 79.9 Å². The van der Waals surface area contributed by atoms with Crippen LogP contribution >= 0.6 is 0 Å². The zero-order chi connectivity index (χ0) is 27.6. The molecule has 1 fully saturated rings. The van der Waals surface area contributed by atoms with E-state index in [1.165, 1.54) is 5.56 Å². The molecule has 0 atom stereocenters. The van der Waals surface area contributed by atoms with Crippen LogP contribution in [0.15, 0.2) is 60.7 Å². The molecule has 5 rings (SSSR count). The maximum atomic E-state index is 13.5. The molecule has 1 aliphatic heterocycles. The van der Waals surface area contributed by atoms with E-state index < -0.39 is 5.41 Å². The van der Waals surface area contributed by atoms with Gasteiger partial charge in [0.2, 0.25) is 12.7 Å². The number of rotatable bonds is 10. The van der Waals surface area contributed by atoms with Crippen molar-refractivity contribution in [1.82, 2.24) is 10.2 Å². The van der Waals surface area contributed by atoms with Crippen LogP contribution in [0, 0.1) is 0 Å². The maximum Gasteiger partial charge on any atom is 0.251 e. The Labute approximate surface area is 230 Å². The lowest BCUT2D eigenvalue weighted by Gasteiger charge is -2.19. The molecule has 3 aromatic carbocycles. The van der Waals surface area contributed by atoms with Gasteiger partial charge in [-0.2, -0.15) is 0 Å². The minimum absolute atomic E-state index is 0.00843. The molecule has 1 aliphatic carbocycles. The summed E-state index contributed by atoms with van der Waals surface area (Å²) in [6.07, 6.45) is 2.51. The van der Waals surface area contributed by atoms with Crippen molar-refractivity contribution >= 4 is 17.5 Å². The van der Waals surface area contributed by atoms with Crippen molar-refractivity contribution in [2.24, 2.45) is 0 Å². The van der Waals surface area contributed by atoms with Crippen molar-refractivity contribution in [2.45, 2.75) is 44.4 Å². The second kappa shape index (κ2) is 11.1. The Morgan fingerprint density at radius 2 is 1.69 bits per heavy atom. The maximum absolute atomic E-state index is 13.5. The average molecular weight is 528 g/mol. The molecule has 1 heterocycles. The molecule has 204 valence electrons. The molecular formula is C32H37N3O4. The van der Waals surface area contributed by atoms with Gasteiger partial charge in [0.25, 0.3) is 5.91 Å². The fraction of sp³-hybridized carbons (Fsp3) is 0.375. The summed E-state index contributed by atoms with van der Waals surface area (Å²) in [6.45, 7) is 6.11. The molecule has 2 N–H and O–H groups in total. The largest absolute Gasteiger partial charge is 0.454 e. The van der Waals surface area contributed by atoms with Gasteiger partial charge >= 0.3 is 0 Å². The molecule has 0 spiro atoms. The van der Waals surface area contributed by atoms with E-state index in [-0.39, 0.29) is 18.6 Å². The number of amides is 2. The molecule has 2 aliphatic rings. The summed E-state index contributed by atoms with van der Waals surface area (Å²) in [5, 5.41) is 6.17. The Hall–Kier alpha value is -3.84. The number of fused-ring (bicyclic) bond motifs is 1. The summed E-state index contributed by atoms with van der Waals surface area (Å²) < 4.78 is 11.0. The van der Waals surface area contributed by atoms with Crippen LogP contribution in [0.25, 0.3) is 11.1 Å². The Morgan fingerprint density at radius 1 is 0.949 bits per heavy atom. The average Bonchev–Trinajstić information content (AvgIpc) is 3.61. The Bertz CT molecular complexity index is 1360. The van der Waals surface area contributed by atoms with Gasteiger partial charge in [-0.25, -0.2) is 0 Å². The van der Waals surface area contributed by atoms with Crippen molar-refractivity contribution in [3.63, 3.8) is 0 Å². The van der Waals surface area contributed by atoms with Gasteiger partial charge in [0, 0.05) is 17.8 Å². The molecule has 7 nitrogen and oxygen atoms in total. The van der Waals surface area contributed by atoms with Gasteiger partial charge in [0.1, 0.15) is 0 Å². The zero-order valence-corrected chi connectivity index (χ0v) is 23.2. The van der Waals surface area contributed by atoms with Crippen LogP contribution in [0.2, 0.25) is 0 Å². The summed E-state index contributed by atoms with van der Waals surface area (Å²) in [5.41, 5.74) is 5.06. The number of hydrogen-bond acceptors (Lipinski definition) is 5. The van der Waals surface area contributed by atoms with Crippen molar-refractivity contribution in [2.75, 3.05) is 39.3 Å². The summed E-state index contributed by atoms with van der Waals surface area (Å²) in [5.74, 6) is 1.64. The van der Waals surface area contributed by atoms with Gasteiger partial charge in [-0.15, -0.1) is 0 Å². The minimum Gasteiger partial charge on any atom is -0.454 e. The molecule has 0 bridgehead atoms. The highest BCUT2D eigenvalue weighted by Crippen LogP contribution is 2.51. The zero-order valence-electron chi connectivity index (χ0n) is 23.2. The summed E-state index contributed by atoms with van der Waals surface area (Å²) in [7, 11) is 4.05. The first-order valence-corrected chi connectivity index (χ1v) is 13.7. The standard InChI is InChI=1S/C32H37N3O4/c1-21(2)26-12-11-25(34-31(37)32(14-15-32)24-10-13-28-29(18-24)39-20-38-28)19-27(26)22-6-8-23(9-7-22)30(36)33-16-5-17-35(3)4/h6-13,18-19,21H,5,14-17,20H2,1-4H3,(H,33,36)(H,34,37). The van der Waals surface area contributed by atoms with E-state index in [4.69, 9.17) is 9.47 Å². The molecule has 7 heteroatoms. The molecule has 3 aromatic rings. The third-order valence-electron chi connectivity index (χ3n) is 7.57. The SMILES string of the molecule is CC(C)c1ccc(NC(=O)C2(c3ccc4c(c3)OCO4)CC2)cc1-c1ccc(C(=O)NCCCN(C)C)cc1. The molecule has 0 radical (unpaired) electrons. The number of hydrogen-bond donors (Lipinski definition) is 2. The molecule has 1 saturated carbocycles. The lowest BCUT2D eigenvalue weighted by Crippen LogP contribution is -2.27. The van der Waals surface area contributed by atoms with Gasteiger partial charge in [-0.1, -0.05) is 38.1 Å². The van der Waals surface area contributed by atoms with Crippen molar-refractivity contribution in [1.29, 1.82) is 0 Å². The Kier molecular flexibility index (Phi) is 7.62. The van der Waals surface area contributed by atoms with E-state index in [1.807, 2.05) is 68.7 Å². The van der Waals surface area contributed by atoms with Gasteiger partial charge < -0.3 is 25.0 Å². The van der Waals surface area contributed by atoms with E-state index in [2.05, 4.69) is 35.4 Å². The van der Waals surface area contributed by atoms with Crippen LogP contribution in [0.5, 0.6) is 11.5 Å². The summed E-state index contributed by atoms with van der Waals surface area (Å²) in [6, 6.07) is 19.6. The van der Waals surface area contributed by atoms with Gasteiger partial charge in [0.15, 0.2) is 11.5 Å². The van der Waals surface area contributed by atoms with Crippen molar-refractivity contribution < 1.29 is 19.1 Å². The van der Waals surface area contributed by atoms with E-state index >= 15 is 0 Å². The second-order valence-corrected chi connectivity index (χ2v) is 11.1. The first-order chi connectivity index (χ1) is 18.8. The van der Waals surface area contributed by atoms with Gasteiger partial charge in [-0.05, 0) is 104 Å². The smallest absolute Gasteiger partial charge is 0.251 e. The van der Waals surface area contributed by atoms with Gasteiger partial charge in [0.05, 0.1) is 5.41 Å². The number of carbonyl (C=O) groups is 2. The van der Waals surface area contributed by atoms with E-state index in [9.17, 15) is 9.59 Å². The lowest BCUT2D eigenvalue weighted by atomic mass is 9.91. The number of carbonyl (C=O) groups excluding carboxylic acids is 2. The number of benzene rings is 3. The van der Waals surface area contributed by atoms with Crippen LogP contribution in [-0.4, -0.2) is 50.7 Å². The summed E-state index contributed by atoms with van der Waals surface area (Å²) >= 11 is 0. The first-order valence-electron chi connectivity index (χ1n) is 13.7. The van der Waals surface area contributed by atoms with Crippen LogP contribution < -0.4 is 20.1 Å². The number of ether oxygens (including phenoxy) is 2. The normalized spacial score (nSPS) is 14.9. The highest BCUT2D eigenvalue weighted by Gasteiger charge is 2.51. The van der Waals surface area contributed by atoms with Crippen LogP contribution in [-0.2, 0) is 10.2 Å². The monoisotopic (exact) mass is 527 g/mol. The predicted octanol–water partition coefficient (Wildman–Crippen LogP) is 5.56. The Balaban J connectivity index is 1.32. The summed E-state index contributed by atoms with van der Waals surface area (Å²) in [4.78, 5) is 28.2. The number of anilines is 1. The number of nitrogens with zero attached hydrogens (tertiary/aromatic N) is 1. The quantitative estimate of drug-likeness (QED) is 0.338. The van der Waals surface area contributed by atoms with Gasteiger partial charge in [-0.3, -0.25) is 9.59 Å². The molecule has 0 saturated heterocycles. The molecule has 0 unspecified atom stereocenters. The van der Waals surface area contributed by atoms with E-state index in [0.29, 0.717) is 23.8 Å². The highest BCUT2D eigenvalue weighted by atomic mass is 16.7. The lowest BCUT2D eigenvalue weighted by molar-refractivity contribution is -0.118. The van der Waals surface area contributed by atoms with E-state index in [0.717, 1.165) is 53.9 Å². The first kappa shape index (κ1) is 26.8. The van der Waals surface area contributed by atoms with Crippen molar-refractivity contribution in [3.05, 3.63) is 77.4 Å². The van der Waals surface area contributed by atoms with Crippen LogP contribution in [0.4, 0.5) is 5.69 Å². The Morgan fingerprint density at radius 3 is 2.38 bits per heavy atom. The molecule has 2 amide bonds. The second-order valence-electron chi connectivity index (χ2n) is 11.1. The number of nitrogens with one attached hydrogen (secondary N) is 2. The molecule has 39 heavy (non-hydrogen) atoms. The molecular weight excluding hydrogens is 490 g/mol. The fourth-order valence-electron chi connectivity index (χ4n) is 5.10. The van der Waals surface area contributed by atoms with Crippen molar-refractivity contribution in [3.8, 4) is 22.6 Å². The highest BCUT2D eigenvalue weighted by molar-refractivity contribution is 6.02. The fourth-order valence-corrected chi connectivity index (χ4v) is 5.10. The molecule has 0 aromatic heterocycles. The third-order valence-corrected chi connectivity index (χ3v) is 7.57. The predicted molar refractivity (Wildman–Crippen MR) is 154 cm³/mol. The minimum atomic E-state index is -0.542. The van der Waals surface area contributed by atoms with Crippen LogP contribution in [0.3, 0.4) is 0 Å². The van der Waals surface area contributed by atoms with E-state index in [1.54, 1.807) is 0 Å². The third kappa shape index (κ3) is 5.78.